The molecular formula is C6H12N6S2. The zero-order chi connectivity index (χ0) is 11.0. The van der Waals surface area contributed by atoms with Crippen LogP contribution < -0.4 is 22.3 Å². The summed E-state index contributed by atoms with van der Waals surface area (Å²) in [5.74, 6) is 0. The molecule has 0 rings (SSSR count). The molecule has 0 aromatic carbocycles. The van der Waals surface area contributed by atoms with Crippen LogP contribution in [0, 0.1) is 0 Å². The van der Waals surface area contributed by atoms with Crippen LogP contribution in [0.25, 0.3) is 0 Å². The van der Waals surface area contributed by atoms with Gasteiger partial charge in [-0.3, -0.25) is 10.9 Å². The summed E-state index contributed by atoms with van der Waals surface area (Å²) in [6, 6.07) is 0. The molecule has 0 amide bonds. The molecule has 0 unspecified atom stereocenters. The number of nitrogens with zero attached hydrogens (tertiary/aromatic N) is 2. The van der Waals surface area contributed by atoms with E-state index in [0.29, 0.717) is 12.1 Å². The molecule has 0 bridgehead atoms. The monoisotopic (exact) mass is 232 g/mol. The summed E-state index contributed by atoms with van der Waals surface area (Å²) >= 11 is 9.12. The van der Waals surface area contributed by atoms with E-state index in [2.05, 4.69) is 45.5 Å². The first-order valence-corrected chi connectivity index (χ1v) is 4.58. The molecule has 78 valence electrons. The van der Waals surface area contributed by atoms with Crippen LogP contribution in [-0.2, 0) is 0 Å². The van der Waals surface area contributed by atoms with Crippen molar-refractivity contribution < 1.29 is 0 Å². The van der Waals surface area contributed by atoms with Crippen molar-refractivity contribution in [3.8, 4) is 0 Å². The van der Waals surface area contributed by atoms with Crippen molar-refractivity contribution >= 4 is 46.6 Å². The van der Waals surface area contributed by atoms with Gasteiger partial charge in [-0.05, 0) is 30.9 Å². The third-order valence-corrected chi connectivity index (χ3v) is 1.24. The average molecular weight is 232 g/mol. The SMILES string of the molecule is CCC(/C=N\NC(N)=S)=N/NC(N)=S. The van der Waals surface area contributed by atoms with E-state index in [-0.39, 0.29) is 10.2 Å². The number of rotatable bonds is 4. The summed E-state index contributed by atoms with van der Waals surface area (Å²) in [5, 5.41) is 7.79. The minimum absolute atomic E-state index is 0.0963. The molecule has 0 saturated carbocycles. The second kappa shape index (κ2) is 7.15. The normalized spacial score (nSPS) is 11.4. The van der Waals surface area contributed by atoms with Gasteiger partial charge in [0, 0.05) is 0 Å². The van der Waals surface area contributed by atoms with Crippen LogP contribution in [0.1, 0.15) is 13.3 Å². The largest absolute Gasteiger partial charge is 0.375 e. The Labute approximate surface area is 92.8 Å². The van der Waals surface area contributed by atoms with Crippen molar-refractivity contribution in [3.05, 3.63) is 0 Å². The highest BCUT2D eigenvalue weighted by atomic mass is 32.1. The Balaban J connectivity index is 4.13. The van der Waals surface area contributed by atoms with E-state index < -0.39 is 0 Å². The molecule has 0 aliphatic carbocycles. The van der Waals surface area contributed by atoms with Crippen LogP contribution >= 0.6 is 24.4 Å². The predicted molar refractivity (Wildman–Crippen MR) is 66.1 cm³/mol. The van der Waals surface area contributed by atoms with Crippen molar-refractivity contribution in [3.63, 3.8) is 0 Å². The minimum atomic E-state index is 0.0963. The molecular weight excluding hydrogens is 220 g/mol. The van der Waals surface area contributed by atoms with Gasteiger partial charge < -0.3 is 11.5 Å². The molecule has 14 heavy (non-hydrogen) atoms. The topological polar surface area (TPSA) is 101 Å². The molecule has 6 N–H and O–H groups in total. The molecule has 0 atom stereocenters. The molecule has 0 aliphatic heterocycles. The van der Waals surface area contributed by atoms with E-state index in [1.807, 2.05) is 6.92 Å². The standard InChI is InChI=1S/C6H12N6S2/c1-2-4(10-12-6(8)14)3-9-11-5(7)13/h3H,2H2,1H3,(H3,7,11,13)(H3,8,12,14)/b9-3-,10-4-. The lowest BCUT2D eigenvalue weighted by molar-refractivity contribution is 1.01. The Hall–Kier alpha value is -1.28. The van der Waals surface area contributed by atoms with Crippen molar-refractivity contribution in [2.45, 2.75) is 13.3 Å². The van der Waals surface area contributed by atoms with Crippen molar-refractivity contribution in [1.82, 2.24) is 10.9 Å². The number of nitrogens with one attached hydrogen (secondary N) is 2. The number of thiocarbonyl (C=S) groups is 2. The highest BCUT2D eigenvalue weighted by Crippen LogP contribution is 1.80. The van der Waals surface area contributed by atoms with Gasteiger partial charge in [0.05, 0.1) is 11.9 Å². The van der Waals surface area contributed by atoms with Crippen LogP contribution in [0.3, 0.4) is 0 Å². The summed E-state index contributed by atoms with van der Waals surface area (Å²) in [6.07, 6.45) is 2.16. The van der Waals surface area contributed by atoms with Gasteiger partial charge >= 0.3 is 0 Å². The molecule has 0 heterocycles. The van der Waals surface area contributed by atoms with Gasteiger partial charge in [-0.2, -0.15) is 10.2 Å². The molecule has 0 aromatic heterocycles. The fourth-order valence-electron chi connectivity index (χ4n) is 0.497. The first-order valence-electron chi connectivity index (χ1n) is 3.76. The maximum absolute atomic E-state index is 5.18. The summed E-state index contributed by atoms with van der Waals surface area (Å²) in [5.41, 5.74) is 15.9. The smallest absolute Gasteiger partial charge is 0.184 e. The van der Waals surface area contributed by atoms with Crippen molar-refractivity contribution in [1.29, 1.82) is 0 Å². The Morgan fingerprint density at radius 1 is 1.29 bits per heavy atom. The molecule has 8 heteroatoms. The molecule has 0 radical (unpaired) electrons. The lowest BCUT2D eigenvalue weighted by Crippen LogP contribution is -2.27. The number of hydrazone groups is 2. The Morgan fingerprint density at radius 2 is 1.86 bits per heavy atom. The molecule has 0 fully saturated rings. The van der Waals surface area contributed by atoms with Crippen LogP contribution in [0.2, 0.25) is 0 Å². The maximum atomic E-state index is 5.18. The zero-order valence-electron chi connectivity index (χ0n) is 7.65. The summed E-state index contributed by atoms with van der Waals surface area (Å²) in [4.78, 5) is 0. The number of nitrogens with two attached hydrogens (primary N) is 2. The molecule has 0 spiro atoms. The van der Waals surface area contributed by atoms with Gasteiger partial charge in [-0.1, -0.05) is 6.92 Å². The van der Waals surface area contributed by atoms with Crippen LogP contribution in [0.5, 0.6) is 0 Å². The highest BCUT2D eigenvalue weighted by molar-refractivity contribution is 7.80. The number of hydrogen-bond donors (Lipinski definition) is 4. The predicted octanol–water partition coefficient (Wildman–Crippen LogP) is -0.595. The fraction of sp³-hybridized carbons (Fsp3) is 0.333. The van der Waals surface area contributed by atoms with Crippen molar-refractivity contribution in [2.75, 3.05) is 0 Å². The summed E-state index contributed by atoms with van der Waals surface area (Å²) in [6.45, 7) is 1.91. The molecule has 0 saturated heterocycles. The van der Waals surface area contributed by atoms with E-state index in [1.54, 1.807) is 0 Å². The lowest BCUT2D eigenvalue weighted by Gasteiger charge is -1.98. The molecule has 0 aliphatic rings. The average Bonchev–Trinajstić information content (AvgIpc) is 2.10. The van der Waals surface area contributed by atoms with Gasteiger partial charge in [-0.15, -0.1) is 0 Å². The van der Waals surface area contributed by atoms with Crippen LogP contribution in [0.15, 0.2) is 10.2 Å². The minimum Gasteiger partial charge on any atom is -0.375 e. The van der Waals surface area contributed by atoms with Gasteiger partial charge in [-0.25, -0.2) is 0 Å². The third kappa shape index (κ3) is 7.37. The van der Waals surface area contributed by atoms with Crippen LogP contribution in [-0.4, -0.2) is 22.2 Å². The Bertz CT molecular complexity index is 271. The first-order chi connectivity index (χ1) is 6.56. The Kier molecular flexibility index (Phi) is 6.50. The first kappa shape index (κ1) is 12.7. The van der Waals surface area contributed by atoms with E-state index >= 15 is 0 Å². The van der Waals surface area contributed by atoms with Crippen LogP contribution in [0.4, 0.5) is 0 Å². The second-order valence-corrected chi connectivity index (χ2v) is 3.05. The summed E-state index contributed by atoms with van der Waals surface area (Å²) in [7, 11) is 0. The maximum Gasteiger partial charge on any atom is 0.184 e. The van der Waals surface area contributed by atoms with E-state index in [1.165, 1.54) is 6.21 Å². The van der Waals surface area contributed by atoms with Gasteiger partial charge in [0.1, 0.15) is 0 Å². The van der Waals surface area contributed by atoms with E-state index in [0.717, 1.165) is 0 Å². The third-order valence-electron chi connectivity index (χ3n) is 1.06. The van der Waals surface area contributed by atoms with E-state index in [9.17, 15) is 0 Å². The highest BCUT2D eigenvalue weighted by Gasteiger charge is 1.91. The molecule has 0 aromatic rings. The zero-order valence-corrected chi connectivity index (χ0v) is 9.28. The number of hydrogen-bond acceptors (Lipinski definition) is 4. The second-order valence-electron chi connectivity index (χ2n) is 2.17. The lowest BCUT2D eigenvalue weighted by atomic mass is 10.3. The quantitative estimate of drug-likeness (QED) is 0.293. The van der Waals surface area contributed by atoms with E-state index in [4.69, 9.17) is 11.5 Å². The van der Waals surface area contributed by atoms with Gasteiger partial charge in [0.25, 0.3) is 0 Å². The molecule has 6 nitrogen and oxygen atoms in total. The van der Waals surface area contributed by atoms with Gasteiger partial charge in [0.15, 0.2) is 10.2 Å². The van der Waals surface area contributed by atoms with Crippen molar-refractivity contribution in [2.24, 2.45) is 21.7 Å². The Morgan fingerprint density at radius 3 is 2.29 bits per heavy atom. The van der Waals surface area contributed by atoms with Gasteiger partial charge in [0.2, 0.25) is 0 Å². The summed E-state index contributed by atoms with van der Waals surface area (Å²) < 4.78 is 0. The fourth-order valence-corrected chi connectivity index (χ4v) is 0.595.